The standard InChI is InChI=1S/C24H34ClN3O3/c1-24(2,19-25)23(30)27(14-9-15-31-4)18-22(29)28(16-20-10-6-5-7-11-20)17-21-12-8-13-26(21)3/h5-8,10-13H,9,14-19H2,1-4H3. The van der Waals surface area contributed by atoms with Crippen LogP contribution in [0.15, 0.2) is 48.7 Å². The van der Waals surface area contributed by atoms with Crippen LogP contribution in [0.4, 0.5) is 0 Å². The SMILES string of the molecule is COCCCN(CC(=O)N(Cc1ccccc1)Cc1cccn1C)C(=O)C(C)(C)CCl. The quantitative estimate of drug-likeness (QED) is 0.368. The van der Waals surface area contributed by atoms with E-state index in [1.807, 2.05) is 74.1 Å². The van der Waals surface area contributed by atoms with Crippen LogP contribution in [-0.4, -0.2) is 58.9 Å². The largest absolute Gasteiger partial charge is 0.385 e. The van der Waals surface area contributed by atoms with Crippen LogP contribution in [0.3, 0.4) is 0 Å². The van der Waals surface area contributed by atoms with E-state index in [2.05, 4.69) is 0 Å². The molecule has 6 nitrogen and oxygen atoms in total. The molecule has 1 aromatic heterocycles. The van der Waals surface area contributed by atoms with E-state index in [4.69, 9.17) is 16.3 Å². The lowest BCUT2D eigenvalue weighted by atomic mass is 9.94. The van der Waals surface area contributed by atoms with Crippen molar-refractivity contribution in [3.63, 3.8) is 0 Å². The molecule has 1 aromatic carbocycles. The van der Waals surface area contributed by atoms with E-state index in [1.54, 1.807) is 16.9 Å². The summed E-state index contributed by atoms with van der Waals surface area (Å²) in [5.41, 5.74) is 1.34. The van der Waals surface area contributed by atoms with Gasteiger partial charge >= 0.3 is 0 Å². The third-order valence-corrected chi connectivity index (χ3v) is 5.94. The van der Waals surface area contributed by atoms with Gasteiger partial charge in [-0.05, 0) is 38.0 Å². The number of ether oxygens (including phenoxy) is 1. The number of rotatable bonds is 12. The zero-order valence-electron chi connectivity index (χ0n) is 19.0. The predicted molar refractivity (Wildman–Crippen MR) is 124 cm³/mol. The van der Waals surface area contributed by atoms with E-state index in [-0.39, 0.29) is 24.2 Å². The maximum Gasteiger partial charge on any atom is 0.242 e. The lowest BCUT2D eigenvalue weighted by Gasteiger charge is -2.32. The number of hydrogen-bond acceptors (Lipinski definition) is 3. The van der Waals surface area contributed by atoms with E-state index < -0.39 is 5.41 Å². The number of amides is 2. The minimum absolute atomic E-state index is 0.0140. The van der Waals surface area contributed by atoms with Crippen molar-refractivity contribution in [2.75, 3.05) is 32.7 Å². The predicted octanol–water partition coefficient (Wildman–Crippen LogP) is 3.68. The first kappa shape index (κ1) is 25.0. The van der Waals surface area contributed by atoms with Gasteiger partial charge in [0.25, 0.3) is 0 Å². The molecule has 31 heavy (non-hydrogen) atoms. The molecule has 0 saturated carbocycles. The van der Waals surface area contributed by atoms with Gasteiger partial charge in [0.1, 0.15) is 0 Å². The van der Waals surface area contributed by atoms with Gasteiger partial charge in [0, 0.05) is 51.6 Å². The number of carbonyl (C=O) groups excluding carboxylic acids is 2. The summed E-state index contributed by atoms with van der Waals surface area (Å²) in [5.74, 6) is -0.0237. The molecule has 2 aromatic rings. The van der Waals surface area contributed by atoms with Crippen molar-refractivity contribution in [2.24, 2.45) is 12.5 Å². The third kappa shape index (κ3) is 7.40. The first-order chi connectivity index (χ1) is 14.8. The summed E-state index contributed by atoms with van der Waals surface area (Å²) in [6, 6.07) is 13.9. The number of methoxy groups -OCH3 is 1. The zero-order valence-corrected chi connectivity index (χ0v) is 19.8. The minimum Gasteiger partial charge on any atom is -0.385 e. The molecule has 0 spiro atoms. The number of benzene rings is 1. The van der Waals surface area contributed by atoms with Crippen LogP contribution in [-0.2, 0) is 34.5 Å². The molecule has 0 saturated heterocycles. The van der Waals surface area contributed by atoms with Crippen LogP contribution in [0.1, 0.15) is 31.5 Å². The van der Waals surface area contributed by atoms with Crippen molar-refractivity contribution in [1.29, 1.82) is 0 Å². The maximum absolute atomic E-state index is 13.4. The Hall–Kier alpha value is -2.31. The normalized spacial score (nSPS) is 11.4. The number of alkyl halides is 1. The third-order valence-electron chi connectivity index (χ3n) is 5.28. The van der Waals surface area contributed by atoms with Crippen LogP contribution >= 0.6 is 11.6 Å². The number of hydrogen-bond donors (Lipinski definition) is 0. The Morgan fingerprint density at radius 2 is 1.77 bits per heavy atom. The van der Waals surface area contributed by atoms with Gasteiger partial charge in [-0.15, -0.1) is 11.6 Å². The number of nitrogens with zero attached hydrogens (tertiary/aromatic N) is 3. The second kappa shape index (κ2) is 11.9. The summed E-state index contributed by atoms with van der Waals surface area (Å²) < 4.78 is 7.14. The molecule has 0 radical (unpaired) electrons. The molecule has 0 aliphatic rings. The highest BCUT2D eigenvalue weighted by Gasteiger charge is 2.33. The van der Waals surface area contributed by atoms with Crippen molar-refractivity contribution < 1.29 is 14.3 Å². The first-order valence-electron chi connectivity index (χ1n) is 10.5. The molecule has 170 valence electrons. The molecule has 0 bridgehead atoms. The topological polar surface area (TPSA) is 54.8 Å². The second-order valence-electron chi connectivity index (χ2n) is 8.44. The van der Waals surface area contributed by atoms with Crippen LogP contribution in [0.2, 0.25) is 0 Å². The molecule has 0 N–H and O–H groups in total. The molecular weight excluding hydrogens is 414 g/mol. The highest BCUT2D eigenvalue weighted by atomic mass is 35.5. The second-order valence-corrected chi connectivity index (χ2v) is 8.70. The van der Waals surface area contributed by atoms with Crippen molar-refractivity contribution in [3.8, 4) is 0 Å². The van der Waals surface area contributed by atoms with Gasteiger partial charge in [-0.3, -0.25) is 9.59 Å². The van der Waals surface area contributed by atoms with E-state index >= 15 is 0 Å². The average Bonchev–Trinajstić information content (AvgIpc) is 3.17. The van der Waals surface area contributed by atoms with Crippen molar-refractivity contribution in [2.45, 2.75) is 33.4 Å². The molecule has 0 atom stereocenters. The molecule has 2 amide bonds. The fourth-order valence-corrected chi connectivity index (χ4v) is 3.41. The zero-order chi connectivity index (χ0) is 22.9. The molecule has 1 heterocycles. The summed E-state index contributed by atoms with van der Waals surface area (Å²) in [6.45, 7) is 5.54. The Morgan fingerprint density at radius 1 is 1.06 bits per heavy atom. The molecule has 0 aliphatic carbocycles. The molecule has 0 aliphatic heterocycles. The summed E-state index contributed by atoms with van der Waals surface area (Å²) in [6.07, 6.45) is 2.62. The van der Waals surface area contributed by atoms with Gasteiger partial charge in [-0.1, -0.05) is 30.3 Å². The average molecular weight is 448 g/mol. The van der Waals surface area contributed by atoms with E-state index in [1.165, 1.54) is 0 Å². The van der Waals surface area contributed by atoms with Crippen molar-refractivity contribution in [1.82, 2.24) is 14.4 Å². The van der Waals surface area contributed by atoms with Gasteiger partial charge in [0.15, 0.2) is 0 Å². The van der Waals surface area contributed by atoms with E-state index in [0.29, 0.717) is 32.7 Å². The van der Waals surface area contributed by atoms with Crippen molar-refractivity contribution >= 4 is 23.4 Å². The Morgan fingerprint density at radius 3 is 2.35 bits per heavy atom. The lowest BCUT2D eigenvalue weighted by molar-refractivity contribution is -0.146. The monoisotopic (exact) mass is 447 g/mol. The molecule has 7 heteroatoms. The van der Waals surface area contributed by atoms with Gasteiger partial charge in [-0.2, -0.15) is 0 Å². The first-order valence-corrected chi connectivity index (χ1v) is 11.1. The number of aromatic nitrogens is 1. The van der Waals surface area contributed by atoms with Crippen molar-refractivity contribution in [3.05, 3.63) is 59.9 Å². The van der Waals surface area contributed by atoms with E-state index in [9.17, 15) is 9.59 Å². The minimum atomic E-state index is -0.739. The lowest BCUT2D eigenvalue weighted by Crippen LogP contribution is -2.48. The Bertz CT molecular complexity index is 836. The van der Waals surface area contributed by atoms with Gasteiger partial charge in [0.05, 0.1) is 18.5 Å². The molecular formula is C24H34ClN3O3. The molecule has 0 fully saturated rings. The fraction of sp³-hybridized carbons (Fsp3) is 0.500. The fourth-order valence-electron chi connectivity index (χ4n) is 3.29. The van der Waals surface area contributed by atoms with Gasteiger partial charge < -0.3 is 19.1 Å². The van der Waals surface area contributed by atoms with Crippen LogP contribution in [0.25, 0.3) is 0 Å². The summed E-state index contributed by atoms with van der Waals surface area (Å²) >= 11 is 6.04. The van der Waals surface area contributed by atoms with Gasteiger partial charge in [-0.25, -0.2) is 0 Å². The number of carbonyl (C=O) groups is 2. The number of aryl methyl sites for hydroxylation is 1. The van der Waals surface area contributed by atoms with Crippen LogP contribution in [0.5, 0.6) is 0 Å². The summed E-state index contributed by atoms with van der Waals surface area (Å²) in [7, 11) is 3.59. The highest BCUT2D eigenvalue weighted by Crippen LogP contribution is 2.21. The Labute approximate surface area is 190 Å². The highest BCUT2D eigenvalue weighted by molar-refractivity contribution is 6.19. The molecule has 2 rings (SSSR count). The summed E-state index contributed by atoms with van der Waals surface area (Å²) in [4.78, 5) is 29.9. The Kier molecular flexibility index (Phi) is 9.59. The summed E-state index contributed by atoms with van der Waals surface area (Å²) in [5, 5.41) is 0. The molecule has 0 unspecified atom stereocenters. The smallest absolute Gasteiger partial charge is 0.242 e. The van der Waals surface area contributed by atoms with E-state index in [0.717, 1.165) is 11.3 Å². The van der Waals surface area contributed by atoms with Crippen LogP contribution < -0.4 is 0 Å². The number of halogens is 1. The van der Waals surface area contributed by atoms with Crippen LogP contribution in [0, 0.1) is 5.41 Å². The Balaban J connectivity index is 2.22. The maximum atomic E-state index is 13.4. The van der Waals surface area contributed by atoms with Gasteiger partial charge in [0.2, 0.25) is 11.8 Å².